The maximum atomic E-state index is 12.8. The van der Waals surface area contributed by atoms with Crippen molar-refractivity contribution in [3.63, 3.8) is 0 Å². The summed E-state index contributed by atoms with van der Waals surface area (Å²) in [5.74, 6) is 3.67. The van der Waals surface area contributed by atoms with Crippen molar-refractivity contribution in [3.8, 4) is 0 Å². The van der Waals surface area contributed by atoms with Crippen molar-refractivity contribution in [2.75, 3.05) is 44.8 Å². The topological polar surface area (TPSA) is 54.6 Å². The Morgan fingerprint density at radius 1 is 1.09 bits per heavy atom. The Kier molecular flexibility index (Phi) is 6.45. The zero-order valence-corrected chi connectivity index (χ0v) is 19.5. The van der Waals surface area contributed by atoms with Gasteiger partial charge in [-0.3, -0.25) is 0 Å². The number of piperidine rings is 1. The molecule has 6 nitrogen and oxygen atoms in total. The third-order valence-electron chi connectivity index (χ3n) is 6.97. The summed E-state index contributed by atoms with van der Waals surface area (Å²) in [7, 11) is 1.68. The van der Waals surface area contributed by atoms with E-state index in [-0.39, 0.29) is 11.8 Å². The highest BCUT2D eigenvalue weighted by atomic mass is 32.2. The zero-order valence-electron chi connectivity index (χ0n) is 18.7. The van der Waals surface area contributed by atoms with Crippen LogP contribution in [0, 0.1) is 0 Å². The fourth-order valence-electron chi connectivity index (χ4n) is 4.92. The summed E-state index contributed by atoms with van der Waals surface area (Å²) in [6.45, 7) is 3.63. The molecule has 1 aromatic carbocycles. The minimum absolute atomic E-state index is 0.0575. The van der Waals surface area contributed by atoms with Crippen LogP contribution in [0.2, 0.25) is 0 Å². The van der Waals surface area contributed by atoms with Crippen LogP contribution >= 0.6 is 11.8 Å². The fraction of sp³-hybridized carbons (Fsp3) is 0.652. The molecule has 0 bridgehead atoms. The third-order valence-corrected chi connectivity index (χ3v) is 7.91. The molecule has 1 aromatic heterocycles. The van der Waals surface area contributed by atoms with E-state index < -0.39 is 18.2 Å². The van der Waals surface area contributed by atoms with Gasteiger partial charge in [-0.15, -0.1) is 0 Å². The Bertz CT molecular complexity index is 942. The van der Waals surface area contributed by atoms with E-state index in [1.165, 1.54) is 0 Å². The molecule has 2 aliphatic heterocycles. The summed E-state index contributed by atoms with van der Waals surface area (Å²) in [6, 6.07) is 6.91. The SMILES string of the molecule is COC1(c2noc(C3CC(c4ccc(CC(F)(F)F)cc4)CN(N4CCSCC4)C3)n2)CC1. The summed E-state index contributed by atoms with van der Waals surface area (Å²) in [5, 5.41) is 9.01. The Hall–Kier alpha value is -1.62. The maximum absolute atomic E-state index is 12.8. The van der Waals surface area contributed by atoms with E-state index in [0.29, 0.717) is 17.3 Å². The average molecular weight is 483 g/mol. The first-order chi connectivity index (χ1) is 15.9. The van der Waals surface area contributed by atoms with Gasteiger partial charge in [0.2, 0.25) is 11.7 Å². The quantitative estimate of drug-likeness (QED) is 0.607. The highest BCUT2D eigenvalue weighted by molar-refractivity contribution is 7.99. The number of hydrazine groups is 1. The van der Waals surface area contributed by atoms with Gasteiger partial charge in [0.15, 0.2) is 0 Å². The van der Waals surface area contributed by atoms with Crippen LogP contribution in [0.15, 0.2) is 28.8 Å². The summed E-state index contributed by atoms with van der Waals surface area (Å²) < 4.78 is 49.6. The Labute approximate surface area is 195 Å². The van der Waals surface area contributed by atoms with E-state index in [1.54, 1.807) is 19.2 Å². The summed E-state index contributed by atoms with van der Waals surface area (Å²) in [4.78, 5) is 4.72. The Balaban J connectivity index is 1.37. The number of benzene rings is 1. The van der Waals surface area contributed by atoms with E-state index in [0.717, 1.165) is 62.5 Å². The molecule has 10 heteroatoms. The van der Waals surface area contributed by atoms with Crippen molar-refractivity contribution >= 4 is 11.8 Å². The van der Waals surface area contributed by atoms with Crippen LogP contribution in [0.25, 0.3) is 0 Å². The lowest BCUT2D eigenvalue weighted by Gasteiger charge is -2.44. The Morgan fingerprint density at radius 2 is 1.79 bits per heavy atom. The molecule has 0 spiro atoms. The van der Waals surface area contributed by atoms with Crippen molar-refractivity contribution in [1.29, 1.82) is 0 Å². The van der Waals surface area contributed by atoms with Crippen molar-refractivity contribution < 1.29 is 22.4 Å². The van der Waals surface area contributed by atoms with E-state index >= 15 is 0 Å². The molecule has 1 saturated carbocycles. The molecule has 2 unspecified atom stereocenters. The minimum atomic E-state index is -4.20. The largest absolute Gasteiger partial charge is 0.393 e. The van der Waals surface area contributed by atoms with Crippen LogP contribution in [0.1, 0.15) is 53.9 Å². The predicted octanol–water partition coefficient (Wildman–Crippen LogP) is 4.35. The predicted molar refractivity (Wildman–Crippen MR) is 119 cm³/mol. The number of hydrogen-bond acceptors (Lipinski definition) is 7. The number of rotatable bonds is 6. The molecule has 3 heterocycles. The number of ether oxygens (including phenoxy) is 1. The van der Waals surface area contributed by atoms with Crippen LogP contribution in [0.3, 0.4) is 0 Å². The van der Waals surface area contributed by atoms with Gasteiger partial charge in [-0.1, -0.05) is 29.4 Å². The van der Waals surface area contributed by atoms with Gasteiger partial charge in [0.05, 0.1) is 12.3 Å². The molecular formula is C23H29F3N4O2S. The monoisotopic (exact) mass is 482 g/mol. The smallest absolute Gasteiger partial charge is 0.370 e. The first-order valence-electron chi connectivity index (χ1n) is 11.5. The van der Waals surface area contributed by atoms with Crippen molar-refractivity contribution in [2.45, 2.75) is 49.3 Å². The highest BCUT2D eigenvalue weighted by Gasteiger charge is 2.49. The molecule has 180 valence electrons. The number of methoxy groups -OCH3 is 1. The lowest BCUT2D eigenvalue weighted by molar-refractivity contribution is -0.127. The molecule has 2 aromatic rings. The van der Waals surface area contributed by atoms with Crippen LogP contribution in [-0.4, -0.2) is 71.1 Å². The maximum Gasteiger partial charge on any atom is 0.393 e. The van der Waals surface area contributed by atoms with E-state index in [4.69, 9.17) is 14.2 Å². The van der Waals surface area contributed by atoms with Crippen LogP contribution in [-0.2, 0) is 16.8 Å². The first-order valence-corrected chi connectivity index (χ1v) is 12.6. The summed E-state index contributed by atoms with van der Waals surface area (Å²) in [6.07, 6.45) is -2.48. The average Bonchev–Trinajstić information content (AvgIpc) is 3.46. The lowest BCUT2D eigenvalue weighted by Crippen LogP contribution is -2.52. The van der Waals surface area contributed by atoms with Gasteiger partial charge in [-0.25, -0.2) is 10.0 Å². The zero-order chi connectivity index (χ0) is 23.1. The lowest BCUT2D eigenvalue weighted by atomic mass is 9.84. The van der Waals surface area contributed by atoms with Crippen molar-refractivity contribution in [3.05, 3.63) is 47.1 Å². The molecule has 5 rings (SSSR count). The molecule has 0 N–H and O–H groups in total. The molecule has 3 fully saturated rings. The van der Waals surface area contributed by atoms with Crippen molar-refractivity contribution in [2.24, 2.45) is 0 Å². The van der Waals surface area contributed by atoms with Gasteiger partial charge in [0.1, 0.15) is 5.60 Å². The number of alkyl halides is 3. The first kappa shape index (κ1) is 23.1. The van der Waals surface area contributed by atoms with Crippen molar-refractivity contribution in [1.82, 2.24) is 20.2 Å². The van der Waals surface area contributed by atoms with Gasteiger partial charge in [-0.05, 0) is 36.3 Å². The van der Waals surface area contributed by atoms with Gasteiger partial charge in [0, 0.05) is 44.8 Å². The number of hydrogen-bond donors (Lipinski definition) is 0. The normalized spacial score (nSPS) is 26.4. The second kappa shape index (κ2) is 9.20. The summed E-state index contributed by atoms with van der Waals surface area (Å²) >= 11 is 1.96. The van der Waals surface area contributed by atoms with Gasteiger partial charge >= 0.3 is 6.18 Å². The van der Waals surface area contributed by atoms with Crippen LogP contribution < -0.4 is 0 Å². The highest BCUT2D eigenvalue weighted by Crippen LogP contribution is 2.48. The molecule has 0 radical (unpaired) electrons. The van der Waals surface area contributed by atoms with E-state index in [1.807, 2.05) is 23.9 Å². The Morgan fingerprint density at radius 3 is 2.42 bits per heavy atom. The number of thioether (sulfide) groups is 1. The second-order valence-corrected chi connectivity index (χ2v) is 10.5. The molecule has 33 heavy (non-hydrogen) atoms. The minimum Gasteiger partial charge on any atom is -0.370 e. The standard InChI is InChI=1S/C23H29F3N4O2S/c1-31-22(6-7-22)21-27-20(32-28-21)19-12-18(14-30(15-19)29-8-10-33-11-9-29)17-4-2-16(3-5-17)13-23(24,25)26/h2-5,18-19H,6-15H2,1H3. The van der Waals surface area contributed by atoms with Crippen LogP contribution in [0.5, 0.6) is 0 Å². The molecule has 2 atom stereocenters. The van der Waals surface area contributed by atoms with Gasteiger partial charge < -0.3 is 9.26 Å². The molecule has 0 amide bonds. The van der Waals surface area contributed by atoms with E-state index in [9.17, 15) is 13.2 Å². The third kappa shape index (κ3) is 5.23. The molecule has 2 saturated heterocycles. The molecule has 1 aliphatic carbocycles. The van der Waals surface area contributed by atoms with E-state index in [2.05, 4.69) is 15.2 Å². The number of halogens is 3. The van der Waals surface area contributed by atoms with Gasteiger partial charge in [0.25, 0.3) is 0 Å². The summed E-state index contributed by atoms with van der Waals surface area (Å²) in [5.41, 5.74) is 0.949. The number of nitrogens with zero attached hydrogens (tertiary/aromatic N) is 4. The molecule has 3 aliphatic rings. The van der Waals surface area contributed by atoms with Crippen LogP contribution in [0.4, 0.5) is 13.2 Å². The molecular weight excluding hydrogens is 453 g/mol. The number of aromatic nitrogens is 2. The fourth-order valence-corrected chi connectivity index (χ4v) is 5.81. The second-order valence-electron chi connectivity index (χ2n) is 9.26. The van der Waals surface area contributed by atoms with Gasteiger partial charge in [-0.2, -0.15) is 29.9 Å².